The van der Waals surface area contributed by atoms with Gasteiger partial charge in [-0.25, -0.2) is 4.39 Å². The molecule has 0 aliphatic heterocycles. The van der Waals surface area contributed by atoms with Gasteiger partial charge in [0, 0.05) is 24.2 Å². The molecule has 0 amide bonds. The highest BCUT2D eigenvalue weighted by Gasteiger charge is 2.12. The van der Waals surface area contributed by atoms with Crippen LogP contribution in [0.2, 0.25) is 0 Å². The Morgan fingerprint density at radius 1 is 1.32 bits per heavy atom. The second kappa shape index (κ2) is 5.99. The van der Waals surface area contributed by atoms with Crippen molar-refractivity contribution in [3.63, 3.8) is 0 Å². The third-order valence-corrected chi connectivity index (χ3v) is 3.06. The summed E-state index contributed by atoms with van der Waals surface area (Å²) in [6, 6.07) is 8.22. The molecule has 0 spiro atoms. The lowest BCUT2D eigenvalue weighted by atomic mass is 10.1. The summed E-state index contributed by atoms with van der Waals surface area (Å²) in [5.74, 6) is 1.35. The molecule has 1 atom stereocenters. The Kier molecular flexibility index (Phi) is 4.35. The number of rotatable bonds is 5. The highest BCUT2D eigenvalue weighted by molar-refractivity contribution is 5.21. The van der Waals surface area contributed by atoms with Crippen molar-refractivity contribution in [2.45, 2.75) is 26.5 Å². The Labute approximate surface area is 112 Å². The molecule has 1 unspecified atom stereocenters. The first-order valence-electron chi connectivity index (χ1n) is 6.27. The lowest BCUT2D eigenvalue weighted by Crippen LogP contribution is -2.21. The number of hydrogen-bond donors (Lipinski definition) is 2. The largest absolute Gasteiger partial charge is 0.466 e. The molecule has 0 aliphatic rings. The summed E-state index contributed by atoms with van der Waals surface area (Å²) in [7, 11) is 0. The van der Waals surface area contributed by atoms with E-state index in [-0.39, 0.29) is 5.82 Å². The zero-order valence-electron chi connectivity index (χ0n) is 11.1. The van der Waals surface area contributed by atoms with Crippen LogP contribution in [0.5, 0.6) is 0 Å². The van der Waals surface area contributed by atoms with Crippen molar-refractivity contribution < 1.29 is 13.9 Å². The second-order valence-electron chi connectivity index (χ2n) is 4.61. The van der Waals surface area contributed by atoms with Crippen molar-refractivity contribution >= 4 is 0 Å². The van der Waals surface area contributed by atoms with Gasteiger partial charge in [-0.15, -0.1) is 0 Å². The van der Waals surface area contributed by atoms with Gasteiger partial charge < -0.3 is 14.8 Å². The van der Waals surface area contributed by atoms with Crippen LogP contribution in [0, 0.1) is 19.7 Å². The second-order valence-corrected chi connectivity index (χ2v) is 4.61. The summed E-state index contributed by atoms with van der Waals surface area (Å²) in [4.78, 5) is 0. The van der Waals surface area contributed by atoms with E-state index in [0.717, 1.165) is 17.1 Å². The molecule has 2 aromatic rings. The molecule has 2 rings (SSSR count). The molecule has 1 aromatic heterocycles. The zero-order valence-corrected chi connectivity index (χ0v) is 11.1. The molecule has 1 aromatic carbocycles. The molecule has 0 radical (unpaired) electrons. The molecule has 0 saturated heterocycles. The average molecular weight is 263 g/mol. The van der Waals surface area contributed by atoms with Gasteiger partial charge in [0.1, 0.15) is 17.3 Å². The zero-order chi connectivity index (χ0) is 13.8. The maximum atomic E-state index is 13.5. The number of hydrogen-bond acceptors (Lipinski definition) is 3. The normalized spacial score (nSPS) is 12.6. The first-order chi connectivity index (χ1) is 9.08. The van der Waals surface area contributed by atoms with Crippen LogP contribution >= 0.6 is 0 Å². The number of halogens is 1. The van der Waals surface area contributed by atoms with E-state index in [1.807, 2.05) is 19.9 Å². The number of benzene rings is 1. The fourth-order valence-corrected chi connectivity index (χ4v) is 2.06. The van der Waals surface area contributed by atoms with Gasteiger partial charge in [0.2, 0.25) is 0 Å². The average Bonchev–Trinajstić information content (AvgIpc) is 2.68. The molecule has 0 aliphatic carbocycles. The summed E-state index contributed by atoms with van der Waals surface area (Å²) >= 11 is 0. The Morgan fingerprint density at radius 3 is 2.68 bits per heavy atom. The van der Waals surface area contributed by atoms with Crippen molar-refractivity contribution in [3.05, 3.63) is 58.8 Å². The highest BCUT2D eigenvalue weighted by Crippen LogP contribution is 2.17. The Morgan fingerprint density at radius 2 is 2.05 bits per heavy atom. The van der Waals surface area contributed by atoms with Gasteiger partial charge in [-0.3, -0.25) is 0 Å². The minimum Gasteiger partial charge on any atom is -0.466 e. The summed E-state index contributed by atoms with van der Waals surface area (Å²) in [6.45, 7) is 4.68. The molecule has 0 fully saturated rings. The van der Waals surface area contributed by atoms with E-state index in [9.17, 15) is 9.50 Å². The van der Waals surface area contributed by atoms with Gasteiger partial charge in [0.25, 0.3) is 0 Å². The smallest absolute Gasteiger partial charge is 0.129 e. The SMILES string of the molecule is Cc1cc(CNCC(O)c2ccccc2F)c(C)o1. The van der Waals surface area contributed by atoms with E-state index in [4.69, 9.17) is 4.42 Å². The Hall–Kier alpha value is -1.65. The lowest BCUT2D eigenvalue weighted by molar-refractivity contribution is 0.169. The first-order valence-corrected chi connectivity index (χ1v) is 6.27. The first kappa shape index (κ1) is 13.8. The van der Waals surface area contributed by atoms with Crippen LogP contribution in [0.15, 0.2) is 34.7 Å². The van der Waals surface area contributed by atoms with E-state index in [1.165, 1.54) is 6.07 Å². The van der Waals surface area contributed by atoms with Crippen molar-refractivity contribution in [2.75, 3.05) is 6.54 Å². The number of nitrogens with one attached hydrogen (secondary N) is 1. The molecular weight excluding hydrogens is 245 g/mol. The molecular formula is C15H18FNO2. The molecule has 19 heavy (non-hydrogen) atoms. The highest BCUT2D eigenvalue weighted by atomic mass is 19.1. The van der Waals surface area contributed by atoms with Gasteiger partial charge in [-0.2, -0.15) is 0 Å². The maximum Gasteiger partial charge on any atom is 0.129 e. The van der Waals surface area contributed by atoms with Gasteiger partial charge in [0.15, 0.2) is 0 Å². The predicted octanol–water partition coefficient (Wildman–Crippen LogP) is 2.86. The summed E-state index contributed by atoms with van der Waals surface area (Å²) in [6.07, 6.45) is -0.852. The van der Waals surface area contributed by atoms with Crippen LogP contribution in [0.3, 0.4) is 0 Å². The van der Waals surface area contributed by atoms with Gasteiger partial charge in [-0.05, 0) is 26.0 Å². The fraction of sp³-hybridized carbons (Fsp3) is 0.333. The fourth-order valence-electron chi connectivity index (χ4n) is 2.06. The number of aliphatic hydroxyl groups excluding tert-OH is 1. The molecule has 2 N–H and O–H groups in total. The quantitative estimate of drug-likeness (QED) is 0.872. The van der Waals surface area contributed by atoms with Crippen LogP contribution in [0.25, 0.3) is 0 Å². The van der Waals surface area contributed by atoms with Gasteiger partial charge in [0.05, 0.1) is 6.10 Å². The van der Waals surface area contributed by atoms with Gasteiger partial charge in [-0.1, -0.05) is 18.2 Å². The van der Waals surface area contributed by atoms with Crippen LogP contribution in [-0.2, 0) is 6.54 Å². The topological polar surface area (TPSA) is 45.4 Å². The third-order valence-electron chi connectivity index (χ3n) is 3.06. The number of furan rings is 1. The number of aliphatic hydroxyl groups is 1. The molecule has 3 nitrogen and oxygen atoms in total. The van der Waals surface area contributed by atoms with Crippen molar-refractivity contribution in [1.29, 1.82) is 0 Å². The molecule has 102 valence electrons. The Balaban J connectivity index is 1.89. The van der Waals surface area contributed by atoms with Crippen LogP contribution < -0.4 is 5.32 Å². The van der Waals surface area contributed by atoms with Crippen molar-refractivity contribution in [2.24, 2.45) is 0 Å². The van der Waals surface area contributed by atoms with E-state index in [2.05, 4.69) is 5.32 Å². The Bertz CT molecular complexity index is 551. The third kappa shape index (κ3) is 3.43. The summed E-state index contributed by atoms with van der Waals surface area (Å²) in [5.41, 5.74) is 1.37. The van der Waals surface area contributed by atoms with Crippen molar-refractivity contribution in [3.8, 4) is 0 Å². The van der Waals surface area contributed by atoms with E-state index in [1.54, 1.807) is 18.2 Å². The minimum absolute atomic E-state index is 0.296. The lowest BCUT2D eigenvalue weighted by Gasteiger charge is -2.12. The maximum absolute atomic E-state index is 13.5. The predicted molar refractivity (Wildman–Crippen MR) is 71.2 cm³/mol. The summed E-state index contributed by atoms with van der Waals surface area (Å²) in [5, 5.41) is 13.0. The van der Waals surface area contributed by atoms with Gasteiger partial charge >= 0.3 is 0 Å². The van der Waals surface area contributed by atoms with Crippen LogP contribution in [-0.4, -0.2) is 11.7 Å². The molecule has 0 saturated carbocycles. The summed E-state index contributed by atoms with van der Waals surface area (Å²) < 4.78 is 18.9. The van der Waals surface area contributed by atoms with Crippen molar-refractivity contribution in [1.82, 2.24) is 5.32 Å². The molecule has 1 heterocycles. The molecule has 4 heteroatoms. The minimum atomic E-state index is -0.852. The number of aryl methyl sites for hydroxylation is 2. The van der Waals surface area contributed by atoms with Crippen LogP contribution in [0.1, 0.15) is 28.8 Å². The molecule has 0 bridgehead atoms. The van der Waals surface area contributed by atoms with Crippen LogP contribution in [0.4, 0.5) is 4.39 Å². The van der Waals surface area contributed by atoms with E-state index >= 15 is 0 Å². The van der Waals surface area contributed by atoms with E-state index < -0.39 is 6.10 Å². The van der Waals surface area contributed by atoms with E-state index in [0.29, 0.717) is 18.7 Å². The standard InChI is InChI=1S/C15H18FNO2/c1-10-7-12(11(2)19-10)8-17-9-15(18)13-5-3-4-6-14(13)16/h3-7,15,17-18H,8-9H2,1-2H3. The monoisotopic (exact) mass is 263 g/mol.